The summed E-state index contributed by atoms with van der Waals surface area (Å²) in [5.41, 5.74) is 3.68. The Kier molecular flexibility index (Phi) is 3.32. The fraction of sp³-hybridized carbons (Fsp3) is 0.0667. The molecular weight excluding hydrogens is 208 g/mol. The van der Waals surface area contributed by atoms with E-state index < -0.39 is 0 Å². The van der Waals surface area contributed by atoms with Gasteiger partial charge in [0.1, 0.15) is 0 Å². The summed E-state index contributed by atoms with van der Waals surface area (Å²) in [7, 11) is 0. The zero-order valence-corrected chi connectivity index (χ0v) is 9.59. The number of hydrogen-bond acceptors (Lipinski definition) is 2. The van der Waals surface area contributed by atoms with E-state index in [1.807, 2.05) is 49.4 Å². The van der Waals surface area contributed by atoms with Gasteiger partial charge in [-0.1, -0.05) is 30.3 Å². The molecule has 0 saturated carbocycles. The van der Waals surface area contributed by atoms with Crippen LogP contribution in [0.15, 0.2) is 53.5 Å². The SMILES string of the molecule is Cc1ccccc1N=Cc1cccc(C#N)c1. The van der Waals surface area contributed by atoms with Crippen molar-refractivity contribution in [2.75, 3.05) is 0 Å². The Morgan fingerprint density at radius 3 is 2.71 bits per heavy atom. The summed E-state index contributed by atoms with van der Waals surface area (Å²) in [5, 5.41) is 8.80. The molecule has 0 aliphatic carbocycles. The number of nitriles is 1. The van der Waals surface area contributed by atoms with Gasteiger partial charge in [-0.25, -0.2) is 0 Å². The van der Waals surface area contributed by atoms with Crippen molar-refractivity contribution >= 4 is 11.9 Å². The van der Waals surface area contributed by atoms with Crippen molar-refractivity contribution < 1.29 is 0 Å². The first-order valence-electron chi connectivity index (χ1n) is 5.39. The Labute approximate surface area is 101 Å². The van der Waals surface area contributed by atoms with Crippen LogP contribution in [0.25, 0.3) is 0 Å². The predicted octanol–water partition coefficient (Wildman–Crippen LogP) is 3.62. The maximum Gasteiger partial charge on any atom is 0.0991 e. The van der Waals surface area contributed by atoms with Crippen LogP contribution in [0.5, 0.6) is 0 Å². The van der Waals surface area contributed by atoms with Gasteiger partial charge < -0.3 is 0 Å². The van der Waals surface area contributed by atoms with E-state index >= 15 is 0 Å². The highest BCUT2D eigenvalue weighted by Gasteiger charge is 1.94. The Balaban J connectivity index is 2.27. The van der Waals surface area contributed by atoms with Crippen LogP contribution in [0.4, 0.5) is 5.69 Å². The Bertz CT molecular complexity index is 592. The van der Waals surface area contributed by atoms with Crippen molar-refractivity contribution in [3.05, 3.63) is 65.2 Å². The van der Waals surface area contributed by atoms with Crippen LogP contribution in [0.1, 0.15) is 16.7 Å². The van der Waals surface area contributed by atoms with Crippen molar-refractivity contribution in [2.24, 2.45) is 4.99 Å². The fourth-order valence-electron chi connectivity index (χ4n) is 1.54. The van der Waals surface area contributed by atoms with Gasteiger partial charge in [-0.05, 0) is 36.2 Å². The second-order valence-corrected chi connectivity index (χ2v) is 3.78. The summed E-state index contributed by atoms with van der Waals surface area (Å²) < 4.78 is 0. The van der Waals surface area contributed by atoms with E-state index in [0.717, 1.165) is 16.8 Å². The highest BCUT2D eigenvalue weighted by Crippen LogP contribution is 2.16. The molecule has 0 fully saturated rings. The minimum atomic E-state index is 0.652. The van der Waals surface area contributed by atoms with E-state index in [9.17, 15) is 0 Å². The molecule has 0 N–H and O–H groups in total. The third-order valence-corrected chi connectivity index (χ3v) is 2.48. The normalized spacial score (nSPS) is 10.4. The van der Waals surface area contributed by atoms with Crippen molar-refractivity contribution in [3.63, 3.8) is 0 Å². The van der Waals surface area contributed by atoms with E-state index in [2.05, 4.69) is 11.1 Å². The van der Waals surface area contributed by atoms with Gasteiger partial charge in [-0.3, -0.25) is 4.99 Å². The first-order valence-corrected chi connectivity index (χ1v) is 5.39. The number of aliphatic imine (C=N–C) groups is 1. The van der Waals surface area contributed by atoms with E-state index in [1.54, 1.807) is 12.3 Å². The number of aryl methyl sites for hydroxylation is 1. The molecule has 2 heteroatoms. The summed E-state index contributed by atoms with van der Waals surface area (Å²) >= 11 is 0. The molecule has 0 aromatic heterocycles. The van der Waals surface area contributed by atoms with Crippen LogP contribution in [0.2, 0.25) is 0 Å². The smallest absolute Gasteiger partial charge is 0.0991 e. The zero-order chi connectivity index (χ0) is 12.1. The lowest BCUT2D eigenvalue weighted by Gasteiger charge is -1.98. The lowest BCUT2D eigenvalue weighted by molar-refractivity contribution is 1.40. The molecule has 0 heterocycles. The quantitative estimate of drug-likeness (QED) is 0.712. The summed E-state index contributed by atoms with van der Waals surface area (Å²) in [6.45, 7) is 2.03. The molecule has 0 unspecified atom stereocenters. The van der Waals surface area contributed by atoms with Gasteiger partial charge in [-0.15, -0.1) is 0 Å². The third kappa shape index (κ3) is 2.79. The van der Waals surface area contributed by atoms with E-state index in [0.29, 0.717) is 5.56 Å². The molecule has 0 radical (unpaired) electrons. The molecule has 0 spiro atoms. The maximum absolute atomic E-state index is 8.80. The highest BCUT2D eigenvalue weighted by molar-refractivity contribution is 5.82. The van der Waals surface area contributed by atoms with Crippen molar-refractivity contribution in [2.45, 2.75) is 6.92 Å². The van der Waals surface area contributed by atoms with Crippen LogP contribution >= 0.6 is 0 Å². The van der Waals surface area contributed by atoms with Gasteiger partial charge in [0.25, 0.3) is 0 Å². The van der Waals surface area contributed by atoms with Gasteiger partial charge in [0.05, 0.1) is 17.3 Å². The van der Waals surface area contributed by atoms with Crippen LogP contribution < -0.4 is 0 Å². The lowest BCUT2D eigenvalue weighted by atomic mass is 10.1. The van der Waals surface area contributed by atoms with E-state index in [1.165, 1.54) is 0 Å². The molecular formula is C15H12N2. The first-order chi connectivity index (χ1) is 8.29. The van der Waals surface area contributed by atoms with Gasteiger partial charge in [0.15, 0.2) is 0 Å². The number of rotatable bonds is 2. The lowest BCUT2D eigenvalue weighted by Crippen LogP contribution is -1.83. The molecule has 0 aliphatic heterocycles. The standard InChI is InChI=1S/C15H12N2/c1-12-5-2-3-8-15(12)17-11-14-7-4-6-13(9-14)10-16/h2-9,11H,1H3. The Hall–Kier alpha value is -2.40. The minimum absolute atomic E-state index is 0.652. The maximum atomic E-state index is 8.80. The summed E-state index contributed by atoms with van der Waals surface area (Å²) in [6.07, 6.45) is 1.78. The number of benzene rings is 2. The highest BCUT2D eigenvalue weighted by atomic mass is 14.7. The van der Waals surface area contributed by atoms with Crippen LogP contribution in [0, 0.1) is 18.3 Å². The molecule has 0 saturated heterocycles. The topological polar surface area (TPSA) is 36.1 Å². The average Bonchev–Trinajstić information content (AvgIpc) is 2.38. The first kappa shape index (κ1) is 11.1. The summed E-state index contributed by atoms with van der Waals surface area (Å²) in [6, 6.07) is 17.5. The number of nitrogens with zero attached hydrogens (tertiary/aromatic N) is 2. The largest absolute Gasteiger partial charge is 0.256 e. The van der Waals surface area contributed by atoms with Gasteiger partial charge >= 0.3 is 0 Å². The van der Waals surface area contributed by atoms with Crippen LogP contribution in [0.3, 0.4) is 0 Å². The van der Waals surface area contributed by atoms with Crippen molar-refractivity contribution in [1.82, 2.24) is 0 Å². The Morgan fingerprint density at radius 2 is 1.94 bits per heavy atom. The molecule has 2 nitrogen and oxygen atoms in total. The summed E-state index contributed by atoms with van der Waals surface area (Å²) in [5.74, 6) is 0. The molecule has 2 rings (SSSR count). The molecule has 0 bridgehead atoms. The fourth-order valence-corrected chi connectivity index (χ4v) is 1.54. The van der Waals surface area contributed by atoms with Gasteiger partial charge in [0, 0.05) is 6.21 Å². The zero-order valence-electron chi connectivity index (χ0n) is 9.59. The monoisotopic (exact) mass is 220 g/mol. The summed E-state index contributed by atoms with van der Waals surface area (Å²) in [4.78, 5) is 4.42. The molecule has 0 amide bonds. The van der Waals surface area contributed by atoms with Crippen LogP contribution in [-0.4, -0.2) is 6.21 Å². The number of para-hydroxylation sites is 1. The molecule has 0 aliphatic rings. The van der Waals surface area contributed by atoms with Crippen molar-refractivity contribution in [3.8, 4) is 6.07 Å². The van der Waals surface area contributed by atoms with E-state index in [4.69, 9.17) is 5.26 Å². The van der Waals surface area contributed by atoms with E-state index in [-0.39, 0.29) is 0 Å². The molecule has 2 aromatic rings. The van der Waals surface area contributed by atoms with Gasteiger partial charge in [-0.2, -0.15) is 5.26 Å². The van der Waals surface area contributed by atoms with Crippen LogP contribution in [-0.2, 0) is 0 Å². The van der Waals surface area contributed by atoms with Gasteiger partial charge in [0.2, 0.25) is 0 Å². The number of hydrogen-bond donors (Lipinski definition) is 0. The second-order valence-electron chi connectivity index (χ2n) is 3.78. The molecule has 82 valence electrons. The molecule has 2 aromatic carbocycles. The Morgan fingerprint density at radius 1 is 1.12 bits per heavy atom. The third-order valence-electron chi connectivity index (χ3n) is 2.48. The second kappa shape index (κ2) is 5.09. The predicted molar refractivity (Wildman–Crippen MR) is 69.6 cm³/mol. The average molecular weight is 220 g/mol. The molecule has 17 heavy (non-hydrogen) atoms. The van der Waals surface area contributed by atoms with Crippen molar-refractivity contribution in [1.29, 1.82) is 5.26 Å². The molecule has 0 atom stereocenters. The minimum Gasteiger partial charge on any atom is -0.256 e.